The van der Waals surface area contributed by atoms with E-state index in [1.165, 1.54) is 30.6 Å². The van der Waals surface area contributed by atoms with E-state index in [1.54, 1.807) is 18.2 Å². The molecule has 0 unspecified atom stereocenters. The Bertz CT molecular complexity index is 1040. The number of amidine groups is 1. The Morgan fingerprint density at radius 3 is 2.50 bits per heavy atom. The van der Waals surface area contributed by atoms with Crippen molar-refractivity contribution in [3.63, 3.8) is 0 Å². The Hall–Kier alpha value is -2.71. The summed E-state index contributed by atoms with van der Waals surface area (Å²) in [6, 6.07) is 11.4. The van der Waals surface area contributed by atoms with Crippen molar-refractivity contribution in [2.75, 3.05) is 13.2 Å². The zero-order chi connectivity index (χ0) is 23.3. The number of hydrogen-bond donors (Lipinski definition) is 1. The Labute approximate surface area is 197 Å². The quantitative estimate of drug-likeness (QED) is 0.581. The van der Waals surface area contributed by atoms with Crippen LogP contribution in [-0.4, -0.2) is 35.2 Å². The molecule has 9 heteroatoms. The van der Waals surface area contributed by atoms with Crippen molar-refractivity contribution in [3.05, 3.63) is 58.1 Å². The fourth-order valence-corrected chi connectivity index (χ4v) is 4.43. The standard InChI is InChI=1S/C23H26ClN3O4S/c1-14-6-7-15(2)21(12-14)31-11-5-10-30-20-9-8-18(24)13-19(20)22-27(17(4)29)26-23(32-22)25-16(3)28/h6-9,12-13,22H,5,10-11H2,1-4H3,(H,25,26,28)/t22-/m1/s1. The van der Waals surface area contributed by atoms with Crippen LogP contribution in [0.5, 0.6) is 11.5 Å². The minimum Gasteiger partial charge on any atom is -0.493 e. The van der Waals surface area contributed by atoms with Crippen molar-refractivity contribution in [2.24, 2.45) is 5.10 Å². The van der Waals surface area contributed by atoms with Gasteiger partial charge in [-0.25, -0.2) is 5.01 Å². The molecular weight excluding hydrogens is 450 g/mol. The lowest BCUT2D eigenvalue weighted by molar-refractivity contribution is -0.129. The van der Waals surface area contributed by atoms with E-state index in [9.17, 15) is 9.59 Å². The SMILES string of the molecule is CC(=O)NC1=NN(C(C)=O)[C@@H](c2cc(Cl)ccc2OCCCOc2cc(C)ccc2C)S1. The highest BCUT2D eigenvalue weighted by Gasteiger charge is 2.34. The molecule has 1 N–H and O–H groups in total. The first-order valence-electron chi connectivity index (χ1n) is 10.2. The number of nitrogens with zero attached hydrogens (tertiary/aromatic N) is 2. The summed E-state index contributed by atoms with van der Waals surface area (Å²) in [5.41, 5.74) is 2.95. The lowest BCUT2D eigenvalue weighted by Crippen LogP contribution is -2.25. The summed E-state index contributed by atoms with van der Waals surface area (Å²) in [5, 5.41) is 8.56. The van der Waals surface area contributed by atoms with Crippen LogP contribution in [0.15, 0.2) is 41.5 Å². The first kappa shape index (κ1) is 23.9. The predicted molar refractivity (Wildman–Crippen MR) is 127 cm³/mol. The first-order valence-corrected chi connectivity index (χ1v) is 11.5. The van der Waals surface area contributed by atoms with Crippen molar-refractivity contribution in [3.8, 4) is 11.5 Å². The number of hydrogen-bond acceptors (Lipinski definition) is 6. The average molecular weight is 476 g/mol. The van der Waals surface area contributed by atoms with E-state index in [0.717, 1.165) is 16.9 Å². The molecule has 0 aliphatic carbocycles. The highest BCUT2D eigenvalue weighted by atomic mass is 35.5. The maximum atomic E-state index is 12.1. The topological polar surface area (TPSA) is 80.2 Å². The number of halogens is 1. The van der Waals surface area contributed by atoms with E-state index in [2.05, 4.69) is 16.5 Å². The molecule has 0 radical (unpaired) electrons. The van der Waals surface area contributed by atoms with Crippen LogP contribution >= 0.6 is 23.4 Å². The van der Waals surface area contributed by atoms with Crippen LogP contribution in [0, 0.1) is 13.8 Å². The summed E-state index contributed by atoms with van der Waals surface area (Å²) in [7, 11) is 0. The van der Waals surface area contributed by atoms with Gasteiger partial charge in [0.05, 0.1) is 13.2 Å². The number of carbonyl (C=O) groups is 2. The second-order valence-electron chi connectivity index (χ2n) is 7.42. The number of amides is 2. The first-order chi connectivity index (χ1) is 15.2. The van der Waals surface area contributed by atoms with Crippen LogP contribution in [-0.2, 0) is 9.59 Å². The molecule has 32 heavy (non-hydrogen) atoms. The average Bonchev–Trinajstić information content (AvgIpc) is 3.14. The van der Waals surface area contributed by atoms with Crippen molar-refractivity contribution in [1.82, 2.24) is 10.3 Å². The smallest absolute Gasteiger partial charge is 0.241 e. The number of hydrazone groups is 1. The van der Waals surface area contributed by atoms with Crippen molar-refractivity contribution >= 4 is 40.3 Å². The molecule has 3 rings (SSSR count). The summed E-state index contributed by atoms with van der Waals surface area (Å²) in [4.78, 5) is 23.6. The molecular formula is C23H26ClN3O4S. The van der Waals surface area contributed by atoms with Gasteiger partial charge in [-0.3, -0.25) is 9.59 Å². The molecule has 7 nitrogen and oxygen atoms in total. The minimum absolute atomic E-state index is 0.254. The summed E-state index contributed by atoms with van der Waals surface area (Å²) in [5.74, 6) is 0.964. The molecule has 0 spiro atoms. The van der Waals surface area contributed by atoms with Crippen LogP contribution in [0.2, 0.25) is 5.02 Å². The van der Waals surface area contributed by atoms with E-state index < -0.39 is 5.37 Å². The zero-order valence-electron chi connectivity index (χ0n) is 18.5. The van der Waals surface area contributed by atoms with E-state index in [1.807, 2.05) is 26.0 Å². The molecule has 0 saturated heterocycles. The highest BCUT2D eigenvalue weighted by Crippen LogP contribution is 2.43. The molecule has 2 aromatic carbocycles. The third kappa shape index (κ3) is 6.17. The van der Waals surface area contributed by atoms with Crippen LogP contribution in [0.1, 0.15) is 42.3 Å². The van der Waals surface area contributed by atoms with E-state index in [-0.39, 0.29) is 11.8 Å². The third-order valence-corrected chi connectivity index (χ3v) is 5.95. The summed E-state index contributed by atoms with van der Waals surface area (Å²) < 4.78 is 11.9. The number of thioether (sulfide) groups is 1. The van der Waals surface area contributed by atoms with Gasteiger partial charge < -0.3 is 14.8 Å². The van der Waals surface area contributed by atoms with Gasteiger partial charge in [0, 0.05) is 30.9 Å². The van der Waals surface area contributed by atoms with Crippen LogP contribution in [0.3, 0.4) is 0 Å². The van der Waals surface area contributed by atoms with Gasteiger partial charge in [-0.15, -0.1) is 5.10 Å². The van der Waals surface area contributed by atoms with Gasteiger partial charge >= 0.3 is 0 Å². The molecule has 0 aromatic heterocycles. The normalized spacial score (nSPS) is 15.3. The van der Waals surface area contributed by atoms with Crippen molar-refractivity contribution < 1.29 is 19.1 Å². The van der Waals surface area contributed by atoms with Crippen molar-refractivity contribution in [1.29, 1.82) is 0 Å². The molecule has 1 aliphatic heterocycles. The number of rotatable bonds is 7. The van der Waals surface area contributed by atoms with Gasteiger partial charge in [0.25, 0.3) is 0 Å². The maximum absolute atomic E-state index is 12.1. The Morgan fingerprint density at radius 1 is 1.09 bits per heavy atom. The van der Waals surface area contributed by atoms with Crippen LogP contribution in [0.4, 0.5) is 0 Å². The largest absolute Gasteiger partial charge is 0.493 e. The molecule has 0 fully saturated rings. The molecule has 2 aromatic rings. The number of benzene rings is 2. The number of nitrogens with one attached hydrogen (secondary N) is 1. The number of aryl methyl sites for hydroxylation is 2. The van der Waals surface area contributed by atoms with Gasteiger partial charge in [0.1, 0.15) is 16.9 Å². The lowest BCUT2D eigenvalue weighted by Gasteiger charge is -2.22. The molecule has 2 amide bonds. The van der Waals surface area contributed by atoms with Crippen LogP contribution < -0.4 is 14.8 Å². The fourth-order valence-electron chi connectivity index (χ4n) is 3.10. The molecule has 0 saturated carbocycles. The summed E-state index contributed by atoms with van der Waals surface area (Å²) in [6.07, 6.45) is 0.678. The molecule has 1 aliphatic rings. The summed E-state index contributed by atoms with van der Waals surface area (Å²) >= 11 is 7.48. The zero-order valence-corrected chi connectivity index (χ0v) is 20.0. The van der Waals surface area contributed by atoms with Crippen LogP contribution in [0.25, 0.3) is 0 Å². The van der Waals surface area contributed by atoms with Gasteiger partial charge in [0.2, 0.25) is 11.8 Å². The monoisotopic (exact) mass is 475 g/mol. The molecule has 1 atom stereocenters. The third-order valence-electron chi connectivity index (χ3n) is 4.63. The van der Waals surface area contributed by atoms with Gasteiger partial charge in [0.15, 0.2) is 5.17 Å². The van der Waals surface area contributed by atoms with Gasteiger partial charge in [-0.2, -0.15) is 0 Å². The maximum Gasteiger partial charge on any atom is 0.241 e. The van der Waals surface area contributed by atoms with E-state index in [0.29, 0.717) is 41.1 Å². The van der Waals surface area contributed by atoms with Crippen molar-refractivity contribution in [2.45, 2.75) is 39.5 Å². The fraction of sp³-hybridized carbons (Fsp3) is 0.348. The minimum atomic E-state index is -0.491. The second-order valence-corrected chi connectivity index (χ2v) is 8.93. The number of ether oxygens (including phenoxy) is 2. The van der Waals surface area contributed by atoms with E-state index in [4.69, 9.17) is 21.1 Å². The lowest BCUT2D eigenvalue weighted by atomic mass is 10.1. The Morgan fingerprint density at radius 2 is 1.81 bits per heavy atom. The highest BCUT2D eigenvalue weighted by molar-refractivity contribution is 8.14. The predicted octanol–water partition coefficient (Wildman–Crippen LogP) is 4.81. The van der Waals surface area contributed by atoms with Gasteiger partial charge in [-0.05, 0) is 49.2 Å². The Kier molecular flexibility index (Phi) is 8.04. The summed E-state index contributed by atoms with van der Waals surface area (Å²) in [6.45, 7) is 7.80. The molecule has 1 heterocycles. The van der Waals surface area contributed by atoms with Gasteiger partial charge in [-0.1, -0.05) is 35.5 Å². The number of carbonyl (C=O) groups excluding carboxylic acids is 2. The second kappa shape index (κ2) is 10.7. The van der Waals surface area contributed by atoms with E-state index >= 15 is 0 Å². The molecule has 170 valence electrons. The molecule has 0 bridgehead atoms. The Balaban J connectivity index is 1.65.